The fraction of sp³-hybridized carbons (Fsp3) is 0.462. The lowest BCUT2D eigenvalue weighted by molar-refractivity contribution is 0.0939. The number of carbonyl (C=O) groups excluding carboxylic acids is 1. The monoisotopic (exact) mass is 286 g/mol. The van der Waals surface area contributed by atoms with Gasteiger partial charge in [0.2, 0.25) is 0 Å². The lowest BCUT2D eigenvalue weighted by Gasteiger charge is -2.40. The molecule has 1 aliphatic rings. The molecule has 2 rings (SSSR count). The maximum absolute atomic E-state index is 13.7. The van der Waals surface area contributed by atoms with E-state index >= 15 is 0 Å². The van der Waals surface area contributed by atoms with E-state index in [0.29, 0.717) is 6.54 Å². The summed E-state index contributed by atoms with van der Waals surface area (Å²) in [6.45, 7) is 0.461. The van der Waals surface area contributed by atoms with Crippen LogP contribution >= 0.6 is 11.8 Å². The molecule has 1 fully saturated rings. The molecule has 0 aliphatic heterocycles. The lowest BCUT2D eigenvalue weighted by atomic mass is 9.84. The van der Waals surface area contributed by atoms with Crippen molar-refractivity contribution in [2.75, 3.05) is 18.5 Å². The summed E-state index contributed by atoms with van der Waals surface area (Å²) in [5.74, 6) is -2.21. The number of benzene rings is 1. The minimum absolute atomic E-state index is 0.0466. The standard InChI is InChI=1S/C13H16F2N2OS/c1-19-13(3-2-4-13)7-17-12(18)9-5-8(14)6-10(16)11(9)15/h5-6H,2-4,7,16H2,1H3,(H,17,18). The first-order chi connectivity index (χ1) is 8.97. The molecule has 0 atom stereocenters. The van der Waals surface area contributed by atoms with Crippen LogP contribution in [-0.4, -0.2) is 23.5 Å². The van der Waals surface area contributed by atoms with E-state index in [9.17, 15) is 13.6 Å². The summed E-state index contributed by atoms with van der Waals surface area (Å²) in [5.41, 5.74) is 4.61. The van der Waals surface area contributed by atoms with Gasteiger partial charge in [-0.2, -0.15) is 11.8 Å². The molecule has 0 unspecified atom stereocenters. The summed E-state index contributed by atoms with van der Waals surface area (Å²) in [6.07, 6.45) is 5.19. The largest absolute Gasteiger partial charge is 0.396 e. The Labute approximate surface area is 114 Å². The van der Waals surface area contributed by atoms with Crippen molar-refractivity contribution >= 4 is 23.4 Å². The van der Waals surface area contributed by atoms with Crippen LogP contribution in [0.2, 0.25) is 0 Å². The summed E-state index contributed by atoms with van der Waals surface area (Å²) >= 11 is 1.70. The van der Waals surface area contributed by atoms with E-state index in [0.717, 1.165) is 31.4 Å². The Balaban J connectivity index is 2.08. The van der Waals surface area contributed by atoms with Crippen molar-refractivity contribution < 1.29 is 13.6 Å². The average molecular weight is 286 g/mol. The molecular formula is C13H16F2N2OS. The Bertz CT molecular complexity index is 498. The molecule has 0 saturated heterocycles. The van der Waals surface area contributed by atoms with E-state index in [4.69, 9.17) is 5.73 Å². The number of hydrogen-bond acceptors (Lipinski definition) is 3. The molecule has 0 spiro atoms. The quantitative estimate of drug-likeness (QED) is 0.836. The van der Waals surface area contributed by atoms with Crippen molar-refractivity contribution in [3.8, 4) is 0 Å². The smallest absolute Gasteiger partial charge is 0.254 e. The second-order valence-corrected chi connectivity index (χ2v) is 6.05. The van der Waals surface area contributed by atoms with Crippen molar-refractivity contribution in [3.05, 3.63) is 29.3 Å². The van der Waals surface area contributed by atoms with Gasteiger partial charge in [-0.1, -0.05) is 6.42 Å². The van der Waals surface area contributed by atoms with Crippen LogP contribution in [0.15, 0.2) is 12.1 Å². The Morgan fingerprint density at radius 3 is 2.68 bits per heavy atom. The zero-order chi connectivity index (χ0) is 14.0. The highest BCUT2D eigenvalue weighted by Gasteiger charge is 2.36. The Kier molecular flexibility index (Phi) is 3.99. The van der Waals surface area contributed by atoms with E-state index in [1.54, 1.807) is 11.8 Å². The number of rotatable bonds is 4. The van der Waals surface area contributed by atoms with Crippen molar-refractivity contribution in [2.24, 2.45) is 0 Å². The van der Waals surface area contributed by atoms with Crippen LogP contribution in [0.25, 0.3) is 0 Å². The molecule has 0 bridgehead atoms. The van der Waals surface area contributed by atoms with Crippen molar-refractivity contribution in [1.82, 2.24) is 5.32 Å². The summed E-state index contributed by atoms with van der Waals surface area (Å²) in [6, 6.07) is 1.73. The Morgan fingerprint density at radius 1 is 1.47 bits per heavy atom. The van der Waals surface area contributed by atoms with Gasteiger partial charge in [0.1, 0.15) is 5.82 Å². The zero-order valence-corrected chi connectivity index (χ0v) is 11.4. The summed E-state index contributed by atoms with van der Waals surface area (Å²) in [5, 5.41) is 2.67. The van der Waals surface area contributed by atoms with E-state index < -0.39 is 17.5 Å². The fourth-order valence-electron chi connectivity index (χ4n) is 2.14. The minimum Gasteiger partial charge on any atom is -0.396 e. The SMILES string of the molecule is CSC1(CNC(=O)c2cc(F)cc(N)c2F)CCC1. The first kappa shape index (κ1) is 14.1. The van der Waals surface area contributed by atoms with Gasteiger partial charge in [-0.15, -0.1) is 0 Å². The first-order valence-electron chi connectivity index (χ1n) is 6.05. The molecule has 0 aromatic heterocycles. The van der Waals surface area contributed by atoms with Gasteiger partial charge in [0.15, 0.2) is 5.82 Å². The Morgan fingerprint density at radius 2 is 2.16 bits per heavy atom. The van der Waals surface area contributed by atoms with Crippen molar-refractivity contribution in [2.45, 2.75) is 24.0 Å². The van der Waals surface area contributed by atoms with Crippen LogP contribution in [0.1, 0.15) is 29.6 Å². The summed E-state index contributed by atoms with van der Waals surface area (Å²) in [7, 11) is 0. The number of nitrogens with two attached hydrogens (primary N) is 1. The molecule has 1 aromatic carbocycles. The van der Waals surface area contributed by atoms with Gasteiger partial charge in [0.05, 0.1) is 11.3 Å². The summed E-state index contributed by atoms with van der Waals surface area (Å²) < 4.78 is 26.9. The molecule has 3 nitrogen and oxygen atoms in total. The van der Waals surface area contributed by atoms with Gasteiger partial charge in [0.25, 0.3) is 5.91 Å². The molecule has 104 valence electrons. The van der Waals surface area contributed by atoms with Gasteiger partial charge < -0.3 is 11.1 Å². The highest BCUT2D eigenvalue weighted by Crippen LogP contribution is 2.42. The van der Waals surface area contributed by atoms with Gasteiger partial charge in [-0.25, -0.2) is 8.78 Å². The predicted molar refractivity (Wildman–Crippen MR) is 73.2 cm³/mol. The molecule has 3 N–H and O–H groups in total. The van der Waals surface area contributed by atoms with E-state index in [1.165, 1.54) is 0 Å². The molecule has 6 heteroatoms. The number of thioether (sulfide) groups is 1. The molecule has 1 aliphatic carbocycles. The minimum atomic E-state index is -0.870. The second-order valence-electron chi connectivity index (χ2n) is 4.78. The number of halogens is 2. The van der Waals surface area contributed by atoms with Crippen molar-refractivity contribution in [3.63, 3.8) is 0 Å². The van der Waals surface area contributed by atoms with Crippen LogP contribution in [0.3, 0.4) is 0 Å². The van der Waals surface area contributed by atoms with Gasteiger partial charge in [-0.05, 0) is 31.2 Å². The lowest BCUT2D eigenvalue weighted by Crippen LogP contribution is -2.45. The third-order valence-electron chi connectivity index (χ3n) is 3.58. The summed E-state index contributed by atoms with van der Waals surface area (Å²) in [4.78, 5) is 11.9. The van der Waals surface area contributed by atoms with Crippen LogP contribution in [0, 0.1) is 11.6 Å². The molecule has 1 aromatic rings. The van der Waals surface area contributed by atoms with Crippen LogP contribution in [-0.2, 0) is 0 Å². The van der Waals surface area contributed by atoms with Crippen molar-refractivity contribution in [1.29, 1.82) is 0 Å². The normalized spacial score (nSPS) is 16.8. The van der Waals surface area contributed by atoms with Gasteiger partial charge in [-0.3, -0.25) is 4.79 Å². The third-order valence-corrected chi connectivity index (χ3v) is 5.00. The molecular weight excluding hydrogens is 270 g/mol. The molecule has 1 saturated carbocycles. The topological polar surface area (TPSA) is 55.1 Å². The Hall–Kier alpha value is -1.30. The molecule has 0 radical (unpaired) electrons. The maximum Gasteiger partial charge on any atom is 0.254 e. The number of nitrogens with one attached hydrogen (secondary N) is 1. The van der Waals surface area contributed by atoms with Gasteiger partial charge in [0, 0.05) is 11.3 Å². The number of anilines is 1. The van der Waals surface area contributed by atoms with Gasteiger partial charge >= 0.3 is 0 Å². The van der Waals surface area contributed by atoms with Crippen LogP contribution in [0.4, 0.5) is 14.5 Å². The highest BCUT2D eigenvalue weighted by atomic mass is 32.2. The first-order valence-corrected chi connectivity index (χ1v) is 7.28. The van der Waals surface area contributed by atoms with E-state index in [-0.39, 0.29) is 16.0 Å². The molecule has 1 amide bonds. The van der Waals surface area contributed by atoms with Crippen LogP contribution in [0.5, 0.6) is 0 Å². The zero-order valence-electron chi connectivity index (χ0n) is 10.6. The second kappa shape index (κ2) is 5.36. The third kappa shape index (κ3) is 2.83. The molecule has 19 heavy (non-hydrogen) atoms. The average Bonchev–Trinajstić information content (AvgIpc) is 2.32. The highest BCUT2D eigenvalue weighted by molar-refractivity contribution is 8.00. The fourth-order valence-corrected chi connectivity index (χ4v) is 3.05. The predicted octanol–water partition coefficient (Wildman–Crippen LogP) is 2.56. The number of amides is 1. The van der Waals surface area contributed by atoms with E-state index in [1.807, 2.05) is 6.26 Å². The number of carbonyl (C=O) groups is 1. The molecule has 0 heterocycles. The maximum atomic E-state index is 13.7. The van der Waals surface area contributed by atoms with E-state index in [2.05, 4.69) is 5.32 Å². The number of nitrogen functional groups attached to an aromatic ring is 1. The number of hydrogen-bond donors (Lipinski definition) is 2. The van der Waals surface area contributed by atoms with Crippen LogP contribution < -0.4 is 11.1 Å².